The van der Waals surface area contributed by atoms with Crippen LogP contribution < -0.4 is 5.30 Å². The Hall–Kier alpha value is -4.91. The lowest BCUT2D eigenvalue weighted by molar-refractivity contribution is 0.0601. The number of fused-ring (bicyclic) bond motifs is 1. The number of nitriles is 1. The number of hydrogen-bond acceptors (Lipinski definition) is 6. The van der Waals surface area contributed by atoms with Crippen LogP contribution in [0.2, 0.25) is 5.02 Å². The molecule has 6 rings (SSSR count). The third-order valence-electron chi connectivity index (χ3n) is 7.82. The van der Waals surface area contributed by atoms with Crippen molar-refractivity contribution in [3.63, 3.8) is 0 Å². The van der Waals surface area contributed by atoms with E-state index in [0.29, 0.717) is 50.0 Å². The molecular formula is C36H23ClF2N3O4PS. The number of carbonyl (C=O) groups excluding carboxylic acids is 1. The van der Waals surface area contributed by atoms with Crippen molar-refractivity contribution in [2.24, 2.45) is 5.18 Å². The minimum Gasteiger partial charge on any atom is -0.587 e. The highest BCUT2D eigenvalue weighted by Crippen LogP contribution is 2.46. The highest BCUT2D eigenvalue weighted by Gasteiger charge is 2.30. The standard InChI is InChI=1S/C36H23ClF2N3O4PS/c1-46-36(43)28-15-14-27(32(37)33(28)41-44)21-6-4-7-22(17-21)34-31(26-8-3-2-5-23(26)19-40)29-18-24(47)11-16-30(29)42(34)48(45)25-12-9-20(10-13-25)35(38)39/h2-18,35H,47H2,1H3. The van der Waals surface area contributed by atoms with Gasteiger partial charge >= 0.3 is 5.97 Å². The van der Waals surface area contributed by atoms with Gasteiger partial charge in [-0.25, -0.2) is 13.6 Å². The molecule has 1 heterocycles. The van der Waals surface area contributed by atoms with Crippen LogP contribution in [0.25, 0.3) is 44.4 Å². The summed E-state index contributed by atoms with van der Waals surface area (Å²) in [5.41, 5.74) is 3.64. The first-order valence-corrected chi connectivity index (χ1v) is 16.3. The Morgan fingerprint density at radius 3 is 2.40 bits per heavy atom. The lowest BCUT2D eigenvalue weighted by Crippen LogP contribution is -2.14. The maximum Gasteiger partial charge on any atom is 0.340 e. The maximum absolute atomic E-state index is 14.5. The number of benzene rings is 5. The number of ether oxygens (including phenoxy) is 1. The fourth-order valence-electron chi connectivity index (χ4n) is 5.61. The molecule has 0 saturated carbocycles. The van der Waals surface area contributed by atoms with E-state index in [9.17, 15) is 28.3 Å². The van der Waals surface area contributed by atoms with Gasteiger partial charge in [0.1, 0.15) is 22.7 Å². The fourth-order valence-corrected chi connectivity index (χ4v) is 7.46. The summed E-state index contributed by atoms with van der Waals surface area (Å²) in [6.45, 7) is 0. The summed E-state index contributed by atoms with van der Waals surface area (Å²) in [5.74, 6) is -0.769. The SMILES string of the molecule is COC(=O)c1ccc(-c2cccc(-c3c(-c4ccccc4C#N)c4cc(P)ccc4n3[S+]([O-])c3ccc(C(F)F)cc3)c2)c(Cl)c1N=O. The van der Waals surface area contributed by atoms with Crippen molar-refractivity contribution in [2.75, 3.05) is 7.11 Å². The number of aromatic nitrogens is 1. The smallest absolute Gasteiger partial charge is 0.340 e. The van der Waals surface area contributed by atoms with Crippen molar-refractivity contribution in [3.05, 3.63) is 130 Å². The number of esters is 1. The van der Waals surface area contributed by atoms with E-state index in [1.165, 1.54) is 37.4 Å². The van der Waals surface area contributed by atoms with Gasteiger partial charge in [0.2, 0.25) is 0 Å². The maximum atomic E-state index is 14.5. The van der Waals surface area contributed by atoms with E-state index in [-0.39, 0.29) is 26.7 Å². The van der Waals surface area contributed by atoms with Crippen molar-refractivity contribution < 1.29 is 22.9 Å². The average Bonchev–Trinajstić information content (AvgIpc) is 3.44. The Labute approximate surface area is 284 Å². The molecule has 12 heteroatoms. The number of halogens is 3. The second-order valence-electron chi connectivity index (χ2n) is 10.6. The van der Waals surface area contributed by atoms with Crippen LogP contribution in [0.3, 0.4) is 0 Å². The molecule has 5 aromatic carbocycles. The first kappa shape index (κ1) is 33.0. The Morgan fingerprint density at radius 1 is 0.979 bits per heavy atom. The molecule has 0 bridgehead atoms. The van der Waals surface area contributed by atoms with Gasteiger partial charge in [0, 0.05) is 33.2 Å². The third kappa shape index (κ3) is 5.87. The summed E-state index contributed by atoms with van der Waals surface area (Å²) in [7, 11) is 3.83. The number of alkyl halides is 2. The summed E-state index contributed by atoms with van der Waals surface area (Å²) in [4.78, 5) is 24.3. The van der Waals surface area contributed by atoms with Crippen LogP contribution in [-0.2, 0) is 16.1 Å². The van der Waals surface area contributed by atoms with Crippen LogP contribution in [0.5, 0.6) is 0 Å². The van der Waals surface area contributed by atoms with Gasteiger partial charge in [0.25, 0.3) is 6.43 Å². The molecule has 7 nitrogen and oxygen atoms in total. The molecule has 0 amide bonds. The Kier molecular flexibility index (Phi) is 9.40. The average molecular weight is 698 g/mol. The number of nitrogens with zero attached hydrogens (tertiary/aromatic N) is 3. The van der Waals surface area contributed by atoms with Crippen molar-refractivity contribution >= 4 is 60.1 Å². The minimum absolute atomic E-state index is 0.0593. The third-order valence-corrected chi connectivity index (χ3v) is 9.95. The minimum atomic E-state index is -2.68. The summed E-state index contributed by atoms with van der Waals surface area (Å²) in [6.07, 6.45) is -2.68. The van der Waals surface area contributed by atoms with E-state index in [0.717, 1.165) is 5.30 Å². The molecule has 238 valence electrons. The van der Waals surface area contributed by atoms with Crippen LogP contribution >= 0.6 is 20.8 Å². The zero-order valence-corrected chi connectivity index (χ0v) is 27.7. The van der Waals surface area contributed by atoms with Crippen LogP contribution in [-0.4, -0.2) is 21.6 Å². The summed E-state index contributed by atoms with van der Waals surface area (Å²) in [6, 6.07) is 30.3. The molecule has 0 aliphatic heterocycles. The number of carbonyl (C=O) groups is 1. The van der Waals surface area contributed by atoms with Gasteiger partial charge < -0.3 is 9.29 Å². The molecule has 0 saturated heterocycles. The van der Waals surface area contributed by atoms with Crippen LogP contribution in [0.15, 0.2) is 113 Å². The Balaban J connectivity index is 1.67. The number of methoxy groups -OCH3 is 1. The predicted molar refractivity (Wildman–Crippen MR) is 187 cm³/mol. The number of nitroso groups, excluding NO2 is 1. The predicted octanol–water partition coefficient (Wildman–Crippen LogP) is 9.36. The van der Waals surface area contributed by atoms with E-state index < -0.39 is 23.8 Å². The monoisotopic (exact) mass is 697 g/mol. The first-order valence-electron chi connectivity index (χ1n) is 14.3. The molecule has 6 aromatic rings. The quantitative estimate of drug-likeness (QED) is 0.0682. The van der Waals surface area contributed by atoms with Crippen molar-refractivity contribution in [2.45, 2.75) is 11.3 Å². The van der Waals surface area contributed by atoms with E-state index in [2.05, 4.69) is 20.5 Å². The summed E-state index contributed by atoms with van der Waals surface area (Å²) >= 11 is 4.70. The molecule has 1 aromatic heterocycles. The first-order chi connectivity index (χ1) is 23.2. The molecule has 0 N–H and O–H groups in total. The largest absolute Gasteiger partial charge is 0.587 e. The Morgan fingerprint density at radius 2 is 1.71 bits per heavy atom. The van der Waals surface area contributed by atoms with E-state index in [1.807, 2.05) is 24.3 Å². The molecule has 0 fully saturated rings. The normalized spacial score (nSPS) is 11.8. The van der Waals surface area contributed by atoms with E-state index in [1.54, 1.807) is 52.5 Å². The number of hydrogen-bond donors (Lipinski definition) is 0. The van der Waals surface area contributed by atoms with Crippen LogP contribution in [0.1, 0.15) is 27.9 Å². The van der Waals surface area contributed by atoms with Crippen LogP contribution in [0.4, 0.5) is 14.5 Å². The Bertz CT molecular complexity index is 2270. The molecule has 48 heavy (non-hydrogen) atoms. The highest BCUT2D eigenvalue weighted by atomic mass is 35.5. The molecular weight excluding hydrogens is 675 g/mol. The number of rotatable bonds is 8. The van der Waals surface area contributed by atoms with Gasteiger partial charge in [-0.05, 0) is 70.6 Å². The van der Waals surface area contributed by atoms with E-state index >= 15 is 0 Å². The van der Waals surface area contributed by atoms with Crippen LogP contribution in [0, 0.1) is 16.2 Å². The summed E-state index contributed by atoms with van der Waals surface area (Å²) < 4.78 is 47.7. The van der Waals surface area contributed by atoms with Gasteiger partial charge in [-0.3, -0.25) is 0 Å². The topological polar surface area (TPSA) is 108 Å². The van der Waals surface area contributed by atoms with Gasteiger partial charge in [0.05, 0.1) is 34.8 Å². The van der Waals surface area contributed by atoms with Crippen molar-refractivity contribution in [3.8, 4) is 39.6 Å². The second-order valence-corrected chi connectivity index (χ2v) is 12.9. The summed E-state index contributed by atoms with van der Waals surface area (Å²) in [5, 5.41) is 14.6. The molecule has 0 spiro atoms. The van der Waals surface area contributed by atoms with Gasteiger partial charge in [0.15, 0.2) is 4.90 Å². The zero-order valence-electron chi connectivity index (χ0n) is 25.0. The molecule has 2 atom stereocenters. The van der Waals surface area contributed by atoms with Gasteiger partial charge in [-0.1, -0.05) is 60.1 Å². The second kappa shape index (κ2) is 13.7. The van der Waals surface area contributed by atoms with Gasteiger partial charge in [-0.2, -0.15) is 9.23 Å². The molecule has 0 aliphatic rings. The van der Waals surface area contributed by atoms with Crippen molar-refractivity contribution in [1.82, 2.24) is 3.97 Å². The molecule has 0 aliphatic carbocycles. The zero-order chi connectivity index (χ0) is 34.1. The lowest BCUT2D eigenvalue weighted by atomic mass is 9.93. The molecule has 2 unspecified atom stereocenters. The van der Waals surface area contributed by atoms with Gasteiger partial charge in [-0.15, -0.1) is 14.1 Å². The lowest BCUT2D eigenvalue weighted by Gasteiger charge is -2.17. The van der Waals surface area contributed by atoms with Crippen molar-refractivity contribution in [1.29, 1.82) is 5.26 Å². The highest BCUT2D eigenvalue weighted by molar-refractivity contribution is 7.90. The van der Waals surface area contributed by atoms with E-state index in [4.69, 9.17) is 16.3 Å². The fraction of sp³-hybridized carbons (Fsp3) is 0.0556. The molecule has 0 radical (unpaired) electrons.